The lowest BCUT2D eigenvalue weighted by molar-refractivity contribution is -0.132. The number of ether oxygens (including phenoxy) is 1. The Bertz CT molecular complexity index is 412. The maximum atomic E-state index is 11.6. The van der Waals surface area contributed by atoms with Crippen LogP contribution in [0.15, 0.2) is 24.3 Å². The van der Waals surface area contributed by atoms with Crippen LogP contribution < -0.4 is 10.1 Å². The zero-order chi connectivity index (χ0) is 12.3. The first-order valence-corrected chi connectivity index (χ1v) is 5.85. The summed E-state index contributed by atoms with van der Waals surface area (Å²) in [4.78, 5) is 13.5. The summed E-state index contributed by atoms with van der Waals surface area (Å²) < 4.78 is 5.36. The van der Waals surface area contributed by atoms with E-state index in [1.54, 1.807) is 14.0 Å². The first-order chi connectivity index (χ1) is 8.24. The molecule has 1 fully saturated rings. The van der Waals surface area contributed by atoms with E-state index in [-0.39, 0.29) is 24.4 Å². The fraction of sp³-hybridized carbons (Fsp3) is 0.462. The number of piperazine rings is 1. The number of halogens is 1. The van der Waals surface area contributed by atoms with Gasteiger partial charge in [-0.05, 0) is 6.07 Å². The Kier molecular flexibility index (Phi) is 5.44. The number of carbonyl (C=O) groups excluding carboxylic acids is 1. The quantitative estimate of drug-likeness (QED) is 0.888. The van der Waals surface area contributed by atoms with Gasteiger partial charge in [0, 0.05) is 32.1 Å². The molecule has 1 aliphatic rings. The molecule has 1 unspecified atom stereocenters. The Hall–Kier alpha value is -1.26. The SMILES string of the molecule is COc1ccccc1C1CNCCN1C(C)=O.Cl. The second kappa shape index (κ2) is 6.61. The summed E-state index contributed by atoms with van der Waals surface area (Å²) in [5.41, 5.74) is 1.07. The monoisotopic (exact) mass is 270 g/mol. The number of nitrogens with one attached hydrogen (secondary N) is 1. The molecule has 1 atom stereocenters. The number of nitrogens with zero attached hydrogens (tertiary/aromatic N) is 1. The summed E-state index contributed by atoms with van der Waals surface area (Å²) in [6.07, 6.45) is 0. The second-order valence-electron chi connectivity index (χ2n) is 4.17. The minimum Gasteiger partial charge on any atom is -0.496 e. The predicted octanol–water partition coefficient (Wildman–Crippen LogP) is 1.61. The van der Waals surface area contributed by atoms with Crippen LogP contribution in [0.5, 0.6) is 5.75 Å². The summed E-state index contributed by atoms with van der Waals surface area (Å²) in [5, 5.41) is 3.32. The van der Waals surface area contributed by atoms with Gasteiger partial charge >= 0.3 is 0 Å². The highest BCUT2D eigenvalue weighted by Crippen LogP contribution is 2.29. The highest BCUT2D eigenvalue weighted by atomic mass is 35.5. The average molecular weight is 271 g/mol. The number of hydrogen-bond donors (Lipinski definition) is 1. The molecule has 1 aliphatic heterocycles. The molecule has 0 radical (unpaired) electrons. The van der Waals surface area contributed by atoms with Gasteiger partial charge < -0.3 is 15.0 Å². The van der Waals surface area contributed by atoms with Crippen molar-refractivity contribution < 1.29 is 9.53 Å². The molecule has 100 valence electrons. The molecule has 1 heterocycles. The number of amides is 1. The molecule has 1 amide bonds. The fourth-order valence-electron chi connectivity index (χ4n) is 2.30. The molecular formula is C13H19ClN2O2. The maximum absolute atomic E-state index is 11.6. The molecular weight excluding hydrogens is 252 g/mol. The van der Waals surface area contributed by atoms with Crippen LogP contribution in [0.2, 0.25) is 0 Å². The van der Waals surface area contributed by atoms with E-state index in [1.165, 1.54) is 0 Å². The Labute approximate surface area is 114 Å². The van der Waals surface area contributed by atoms with Gasteiger partial charge in [0.25, 0.3) is 0 Å². The van der Waals surface area contributed by atoms with Crippen LogP contribution >= 0.6 is 12.4 Å². The van der Waals surface area contributed by atoms with Crippen molar-refractivity contribution in [3.63, 3.8) is 0 Å². The number of rotatable bonds is 2. The van der Waals surface area contributed by atoms with E-state index in [0.717, 1.165) is 30.9 Å². The Morgan fingerprint density at radius 2 is 2.17 bits per heavy atom. The lowest BCUT2D eigenvalue weighted by atomic mass is 10.0. The molecule has 2 rings (SSSR count). The normalized spacial score (nSPS) is 19.0. The lowest BCUT2D eigenvalue weighted by Gasteiger charge is -2.36. The van der Waals surface area contributed by atoms with Gasteiger partial charge in [-0.2, -0.15) is 0 Å². The minimum atomic E-state index is 0. The summed E-state index contributed by atoms with van der Waals surface area (Å²) in [7, 11) is 1.66. The fourth-order valence-corrected chi connectivity index (χ4v) is 2.30. The third-order valence-electron chi connectivity index (χ3n) is 3.15. The van der Waals surface area contributed by atoms with Crippen molar-refractivity contribution in [2.45, 2.75) is 13.0 Å². The largest absolute Gasteiger partial charge is 0.496 e. The lowest BCUT2D eigenvalue weighted by Crippen LogP contribution is -2.48. The van der Waals surface area contributed by atoms with E-state index in [4.69, 9.17) is 4.74 Å². The topological polar surface area (TPSA) is 41.6 Å². The van der Waals surface area contributed by atoms with E-state index < -0.39 is 0 Å². The molecule has 4 nitrogen and oxygen atoms in total. The molecule has 0 aromatic heterocycles. The number of carbonyl (C=O) groups is 1. The summed E-state index contributed by atoms with van der Waals surface area (Å²) >= 11 is 0. The molecule has 1 aromatic carbocycles. The van der Waals surface area contributed by atoms with Gasteiger partial charge in [-0.1, -0.05) is 18.2 Å². The van der Waals surface area contributed by atoms with Gasteiger partial charge in [0.1, 0.15) is 5.75 Å². The van der Waals surface area contributed by atoms with Crippen LogP contribution in [0.3, 0.4) is 0 Å². The Morgan fingerprint density at radius 1 is 1.44 bits per heavy atom. The molecule has 0 saturated carbocycles. The minimum absolute atomic E-state index is 0. The molecule has 0 aliphatic carbocycles. The first kappa shape index (κ1) is 14.8. The third-order valence-corrected chi connectivity index (χ3v) is 3.15. The van der Waals surface area contributed by atoms with Crippen LogP contribution in [-0.4, -0.2) is 37.6 Å². The van der Waals surface area contributed by atoms with Crippen molar-refractivity contribution in [1.82, 2.24) is 10.2 Å². The molecule has 0 bridgehead atoms. The third kappa shape index (κ3) is 2.94. The van der Waals surface area contributed by atoms with Gasteiger partial charge in [-0.15, -0.1) is 12.4 Å². The van der Waals surface area contributed by atoms with Crippen LogP contribution in [0, 0.1) is 0 Å². The average Bonchev–Trinajstić information content (AvgIpc) is 2.38. The van der Waals surface area contributed by atoms with Gasteiger partial charge in [0.15, 0.2) is 0 Å². The van der Waals surface area contributed by atoms with E-state index in [0.29, 0.717) is 0 Å². The highest BCUT2D eigenvalue weighted by molar-refractivity contribution is 5.85. The zero-order valence-corrected chi connectivity index (χ0v) is 11.5. The summed E-state index contributed by atoms with van der Waals surface area (Å²) in [5.74, 6) is 0.954. The number of methoxy groups -OCH3 is 1. The molecule has 0 spiro atoms. The number of para-hydroxylation sites is 1. The van der Waals surface area contributed by atoms with Gasteiger partial charge in [-0.25, -0.2) is 0 Å². The zero-order valence-electron chi connectivity index (χ0n) is 10.7. The van der Waals surface area contributed by atoms with Gasteiger partial charge in [0.05, 0.1) is 13.2 Å². The van der Waals surface area contributed by atoms with Crippen LogP contribution in [0.4, 0.5) is 0 Å². The molecule has 5 heteroatoms. The van der Waals surface area contributed by atoms with Crippen LogP contribution in [0.25, 0.3) is 0 Å². The Balaban J connectivity index is 0.00000162. The van der Waals surface area contributed by atoms with Crippen LogP contribution in [0.1, 0.15) is 18.5 Å². The molecule has 18 heavy (non-hydrogen) atoms. The van der Waals surface area contributed by atoms with E-state index >= 15 is 0 Å². The Morgan fingerprint density at radius 3 is 2.83 bits per heavy atom. The maximum Gasteiger partial charge on any atom is 0.220 e. The molecule has 1 N–H and O–H groups in total. The predicted molar refractivity (Wildman–Crippen MR) is 73.2 cm³/mol. The van der Waals surface area contributed by atoms with Crippen molar-refractivity contribution >= 4 is 18.3 Å². The van der Waals surface area contributed by atoms with Crippen molar-refractivity contribution in [3.05, 3.63) is 29.8 Å². The summed E-state index contributed by atoms with van der Waals surface area (Å²) in [6.45, 7) is 4.00. The smallest absolute Gasteiger partial charge is 0.220 e. The van der Waals surface area contributed by atoms with Gasteiger partial charge in [-0.3, -0.25) is 4.79 Å². The molecule has 1 aromatic rings. The number of benzene rings is 1. The van der Waals surface area contributed by atoms with E-state index in [9.17, 15) is 4.79 Å². The second-order valence-corrected chi connectivity index (χ2v) is 4.17. The van der Waals surface area contributed by atoms with Crippen molar-refractivity contribution in [3.8, 4) is 5.75 Å². The van der Waals surface area contributed by atoms with Gasteiger partial charge in [0.2, 0.25) is 5.91 Å². The standard InChI is InChI=1S/C13H18N2O2.ClH/c1-10(16)15-8-7-14-9-12(15)11-5-3-4-6-13(11)17-2;/h3-6,12,14H,7-9H2,1-2H3;1H. The van der Waals surface area contributed by atoms with Crippen molar-refractivity contribution in [2.75, 3.05) is 26.7 Å². The van der Waals surface area contributed by atoms with E-state index in [1.807, 2.05) is 29.2 Å². The highest BCUT2D eigenvalue weighted by Gasteiger charge is 2.27. The number of hydrogen-bond acceptors (Lipinski definition) is 3. The summed E-state index contributed by atoms with van der Waals surface area (Å²) in [6, 6.07) is 7.94. The molecule has 1 saturated heterocycles. The van der Waals surface area contributed by atoms with E-state index in [2.05, 4.69) is 5.32 Å². The van der Waals surface area contributed by atoms with Crippen molar-refractivity contribution in [2.24, 2.45) is 0 Å². The first-order valence-electron chi connectivity index (χ1n) is 5.85. The van der Waals surface area contributed by atoms with Crippen molar-refractivity contribution in [1.29, 1.82) is 0 Å². The van der Waals surface area contributed by atoms with Crippen LogP contribution in [-0.2, 0) is 4.79 Å².